The van der Waals surface area contributed by atoms with E-state index in [9.17, 15) is 10.1 Å². The fraction of sp³-hybridized carbons (Fsp3) is 0.438. The van der Waals surface area contributed by atoms with Gasteiger partial charge in [0, 0.05) is 39.6 Å². The lowest BCUT2D eigenvalue weighted by Crippen LogP contribution is -2.47. The number of aryl methyl sites for hydroxylation is 1. The highest BCUT2D eigenvalue weighted by Gasteiger charge is 2.21. The van der Waals surface area contributed by atoms with Crippen molar-refractivity contribution in [3.8, 4) is 0 Å². The van der Waals surface area contributed by atoms with Gasteiger partial charge in [-0.05, 0) is 17.1 Å². The largest absolute Gasteiger partial charge is 0.368 e. The molecule has 1 fully saturated rings. The molecule has 1 aliphatic heterocycles. The molecule has 7 nitrogen and oxygen atoms in total. The summed E-state index contributed by atoms with van der Waals surface area (Å²) in [6, 6.07) is 7.87. The Morgan fingerprint density at radius 1 is 1.21 bits per heavy atom. The number of hydrogen-bond acceptors (Lipinski definition) is 5. The number of imidazole rings is 1. The van der Waals surface area contributed by atoms with Crippen molar-refractivity contribution in [2.24, 2.45) is 0 Å². The van der Waals surface area contributed by atoms with E-state index in [0.29, 0.717) is 12.4 Å². The molecule has 1 aliphatic rings. The van der Waals surface area contributed by atoms with Crippen LogP contribution in [-0.2, 0) is 6.54 Å². The Morgan fingerprint density at radius 2 is 1.92 bits per heavy atom. The Labute approximate surface area is 145 Å². The Morgan fingerprint density at radius 3 is 2.58 bits per heavy atom. The van der Waals surface area contributed by atoms with Gasteiger partial charge < -0.3 is 15.0 Å². The molecule has 0 spiro atoms. The minimum atomic E-state index is -0.380. The quantitative estimate of drug-likeness (QED) is 0.613. The Kier molecular flexibility index (Phi) is 5.01. The van der Waals surface area contributed by atoms with Crippen molar-refractivity contribution < 1.29 is 4.92 Å². The molecule has 24 heavy (non-hydrogen) atoms. The molecular weight excluding hydrogens is 330 g/mol. The molecule has 0 aliphatic carbocycles. The van der Waals surface area contributed by atoms with Gasteiger partial charge in [-0.15, -0.1) is 0 Å². The zero-order chi connectivity index (χ0) is 17.1. The fourth-order valence-corrected chi connectivity index (χ4v) is 3.30. The average molecular weight is 350 g/mol. The fourth-order valence-electron chi connectivity index (χ4n) is 3.04. The summed E-state index contributed by atoms with van der Waals surface area (Å²) in [5.41, 5.74) is 1.07. The number of hydrogen-bond donors (Lipinski definition) is 0. The predicted octanol–water partition coefficient (Wildman–Crippen LogP) is 2.58. The number of nitro groups is 1. The topological polar surface area (TPSA) is 67.4 Å². The monoisotopic (exact) mass is 349 g/mol. The lowest BCUT2D eigenvalue weighted by Gasteiger charge is -2.36. The van der Waals surface area contributed by atoms with E-state index >= 15 is 0 Å². The first-order valence-electron chi connectivity index (χ1n) is 7.94. The second kappa shape index (κ2) is 7.19. The minimum Gasteiger partial charge on any atom is -0.368 e. The van der Waals surface area contributed by atoms with Crippen molar-refractivity contribution in [1.29, 1.82) is 0 Å². The molecule has 1 aromatic carbocycles. The first kappa shape index (κ1) is 16.7. The zero-order valence-electron chi connectivity index (χ0n) is 13.6. The van der Waals surface area contributed by atoms with Crippen LogP contribution in [-0.4, -0.2) is 52.1 Å². The summed E-state index contributed by atoms with van der Waals surface area (Å²) in [5.74, 6) is 0.735. The van der Waals surface area contributed by atoms with Crippen LogP contribution in [0.3, 0.4) is 0 Å². The lowest BCUT2D eigenvalue weighted by atomic mass is 10.2. The summed E-state index contributed by atoms with van der Waals surface area (Å²) in [6.45, 7) is 6.76. The number of piperazine rings is 1. The highest BCUT2D eigenvalue weighted by atomic mass is 35.5. The van der Waals surface area contributed by atoms with Crippen LogP contribution >= 0.6 is 11.6 Å². The summed E-state index contributed by atoms with van der Waals surface area (Å²) in [5, 5.41) is 11.8. The van der Waals surface area contributed by atoms with E-state index < -0.39 is 0 Å². The number of aromatic nitrogens is 2. The number of benzene rings is 1. The van der Waals surface area contributed by atoms with E-state index in [2.05, 4.69) is 14.8 Å². The second-order valence-electron chi connectivity index (χ2n) is 5.85. The molecule has 2 heterocycles. The normalized spacial score (nSPS) is 15.7. The molecule has 0 radical (unpaired) electrons. The van der Waals surface area contributed by atoms with E-state index in [1.165, 1.54) is 6.20 Å². The standard InChI is InChI=1S/C16H20ClN5O2/c1-13-18-12-16(22(23)24)21(13)11-8-19-6-9-20(10-7-19)15-5-3-2-4-14(15)17/h2-5,12H,6-11H2,1H3. The van der Waals surface area contributed by atoms with Crippen molar-refractivity contribution >= 4 is 23.1 Å². The summed E-state index contributed by atoms with van der Waals surface area (Å²) in [6.07, 6.45) is 1.32. The molecule has 1 aromatic heterocycles. The summed E-state index contributed by atoms with van der Waals surface area (Å²) >= 11 is 6.26. The smallest absolute Gasteiger partial charge is 0.342 e. The molecular formula is C16H20ClN5O2. The van der Waals surface area contributed by atoms with Crippen molar-refractivity contribution in [1.82, 2.24) is 14.5 Å². The van der Waals surface area contributed by atoms with Crippen molar-refractivity contribution in [3.63, 3.8) is 0 Å². The maximum atomic E-state index is 11.0. The number of halogens is 1. The molecule has 0 atom stereocenters. The molecule has 0 unspecified atom stereocenters. The number of para-hydroxylation sites is 1. The van der Waals surface area contributed by atoms with Crippen LogP contribution < -0.4 is 4.90 Å². The molecule has 3 rings (SSSR count). The molecule has 0 saturated carbocycles. The Bertz CT molecular complexity index is 725. The van der Waals surface area contributed by atoms with Crippen LogP contribution in [0.25, 0.3) is 0 Å². The van der Waals surface area contributed by atoms with Crippen LogP contribution in [0, 0.1) is 17.0 Å². The second-order valence-corrected chi connectivity index (χ2v) is 6.26. The highest BCUT2D eigenvalue weighted by molar-refractivity contribution is 6.33. The van der Waals surface area contributed by atoms with E-state index in [0.717, 1.165) is 43.4 Å². The predicted molar refractivity (Wildman–Crippen MR) is 93.7 cm³/mol. The number of nitrogens with zero attached hydrogens (tertiary/aromatic N) is 5. The van der Waals surface area contributed by atoms with E-state index in [4.69, 9.17) is 11.6 Å². The summed E-state index contributed by atoms with van der Waals surface area (Å²) in [4.78, 5) is 19.3. The van der Waals surface area contributed by atoms with Crippen molar-refractivity contribution in [2.75, 3.05) is 37.6 Å². The molecule has 0 N–H and O–H groups in total. The molecule has 2 aromatic rings. The maximum Gasteiger partial charge on any atom is 0.342 e. The molecule has 128 valence electrons. The maximum absolute atomic E-state index is 11.0. The van der Waals surface area contributed by atoms with Gasteiger partial charge in [-0.1, -0.05) is 23.7 Å². The van der Waals surface area contributed by atoms with E-state index in [1.807, 2.05) is 24.3 Å². The summed E-state index contributed by atoms with van der Waals surface area (Å²) in [7, 11) is 0. The molecule has 1 saturated heterocycles. The molecule has 0 amide bonds. The lowest BCUT2D eigenvalue weighted by molar-refractivity contribution is -0.392. The first-order chi connectivity index (χ1) is 11.6. The summed E-state index contributed by atoms with van der Waals surface area (Å²) < 4.78 is 1.67. The number of rotatable bonds is 5. The first-order valence-corrected chi connectivity index (χ1v) is 8.32. The molecule has 0 bridgehead atoms. The van der Waals surface area contributed by atoms with Gasteiger partial charge in [-0.3, -0.25) is 4.90 Å². The van der Waals surface area contributed by atoms with Crippen LogP contribution in [0.4, 0.5) is 11.5 Å². The van der Waals surface area contributed by atoms with Crippen LogP contribution in [0.2, 0.25) is 5.02 Å². The van der Waals surface area contributed by atoms with Crippen molar-refractivity contribution in [2.45, 2.75) is 13.5 Å². The van der Waals surface area contributed by atoms with Crippen LogP contribution in [0.5, 0.6) is 0 Å². The van der Waals surface area contributed by atoms with Gasteiger partial charge in [0.05, 0.1) is 10.7 Å². The van der Waals surface area contributed by atoms with Gasteiger partial charge >= 0.3 is 5.82 Å². The van der Waals surface area contributed by atoms with Crippen molar-refractivity contribution in [3.05, 3.63) is 51.4 Å². The van der Waals surface area contributed by atoms with E-state index in [1.54, 1.807) is 11.5 Å². The third kappa shape index (κ3) is 3.52. The van der Waals surface area contributed by atoms with Crippen LogP contribution in [0.15, 0.2) is 30.5 Å². The van der Waals surface area contributed by atoms with Gasteiger partial charge in [-0.25, -0.2) is 9.55 Å². The van der Waals surface area contributed by atoms with Crippen LogP contribution in [0.1, 0.15) is 5.82 Å². The SMILES string of the molecule is Cc1ncc([N+](=O)[O-])n1CCN1CCN(c2ccccc2Cl)CC1. The Hall–Kier alpha value is -2.12. The van der Waals surface area contributed by atoms with Gasteiger partial charge in [0.1, 0.15) is 12.7 Å². The Balaban J connectivity index is 1.56. The zero-order valence-corrected chi connectivity index (χ0v) is 14.3. The minimum absolute atomic E-state index is 0.0576. The third-order valence-electron chi connectivity index (χ3n) is 4.43. The van der Waals surface area contributed by atoms with Gasteiger partial charge in [0.2, 0.25) is 0 Å². The van der Waals surface area contributed by atoms with Gasteiger partial charge in [-0.2, -0.15) is 0 Å². The van der Waals surface area contributed by atoms with E-state index in [-0.39, 0.29) is 10.7 Å². The van der Waals surface area contributed by atoms with Gasteiger partial charge in [0.25, 0.3) is 0 Å². The highest BCUT2D eigenvalue weighted by Crippen LogP contribution is 2.26. The number of anilines is 1. The molecule has 8 heteroatoms. The van der Waals surface area contributed by atoms with Gasteiger partial charge in [0.15, 0.2) is 5.82 Å². The third-order valence-corrected chi connectivity index (χ3v) is 4.75. The average Bonchev–Trinajstić information content (AvgIpc) is 2.95.